The molecule has 0 spiro atoms. The minimum atomic E-state index is -0.744. The van der Waals surface area contributed by atoms with Crippen LogP contribution in [0.3, 0.4) is 0 Å². The van der Waals surface area contributed by atoms with Crippen molar-refractivity contribution in [3.63, 3.8) is 0 Å². The van der Waals surface area contributed by atoms with Crippen LogP contribution in [0.5, 0.6) is 0 Å². The van der Waals surface area contributed by atoms with Crippen molar-refractivity contribution in [2.75, 3.05) is 6.61 Å². The monoisotopic (exact) mass is 331 g/mol. The summed E-state index contributed by atoms with van der Waals surface area (Å²) in [6, 6.07) is 6.66. The lowest BCUT2D eigenvalue weighted by Crippen LogP contribution is -2.44. The van der Waals surface area contributed by atoms with Gasteiger partial charge in [0.15, 0.2) is 12.3 Å². The van der Waals surface area contributed by atoms with Crippen molar-refractivity contribution >= 4 is 22.6 Å². The fraction of sp³-hybridized carbons (Fsp3) is 0.412. The molecule has 24 heavy (non-hydrogen) atoms. The third-order valence-electron chi connectivity index (χ3n) is 3.85. The van der Waals surface area contributed by atoms with Crippen molar-refractivity contribution in [1.82, 2.24) is 15.1 Å². The first-order chi connectivity index (χ1) is 11.2. The van der Waals surface area contributed by atoms with Crippen LogP contribution < -0.4 is 10.9 Å². The van der Waals surface area contributed by atoms with Gasteiger partial charge in [-0.3, -0.25) is 9.59 Å². The number of fused-ring (bicyclic) bond motifs is 1. The van der Waals surface area contributed by atoms with Gasteiger partial charge in [-0.1, -0.05) is 25.1 Å². The number of hydrogen-bond donors (Lipinski definition) is 1. The molecule has 0 saturated carbocycles. The molecule has 0 saturated heterocycles. The zero-order valence-electron chi connectivity index (χ0n) is 14.3. The van der Waals surface area contributed by atoms with Crippen molar-refractivity contribution in [2.45, 2.75) is 32.7 Å². The topological polar surface area (TPSA) is 90.3 Å². The molecule has 0 radical (unpaired) electrons. The van der Waals surface area contributed by atoms with Crippen molar-refractivity contribution in [1.29, 1.82) is 0 Å². The molecule has 1 N–H and O–H groups in total. The van der Waals surface area contributed by atoms with Crippen LogP contribution in [0.2, 0.25) is 0 Å². The van der Waals surface area contributed by atoms with Gasteiger partial charge in [0.05, 0.1) is 5.39 Å². The van der Waals surface area contributed by atoms with Gasteiger partial charge in [0.1, 0.15) is 0 Å². The van der Waals surface area contributed by atoms with Crippen LogP contribution in [0.15, 0.2) is 29.1 Å². The second-order valence-corrected chi connectivity index (χ2v) is 6.18. The smallest absolute Gasteiger partial charge is 0.359 e. The number of hydrogen-bond acceptors (Lipinski definition) is 5. The van der Waals surface area contributed by atoms with Crippen LogP contribution in [0.25, 0.3) is 10.8 Å². The number of nitrogens with one attached hydrogen (secondary N) is 1. The van der Waals surface area contributed by atoms with E-state index in [0.29, 0.717) is 10.8 Å². The Morgan fingerprint density at radius 1 is 1.25 bits per heavy atom. The fourth-order valence-corrected chi connectivity index (χ4v) is 2.15. The van der Waals surface area contributed by atoms with Crippen LogP contribution in [0.4, 0.5) is 0 Å². The number of nitrogens with zero attached hydrogens (tertiary/aromatic N) is 2. The molecule has 0 atom stereocenters. The van der Waals surface area contributed by atoms with E-state index in [-0.39, 0.29) is 22.7 Å². The van der Waals surface area contributed by atoms with Crippen LogP contribution in [-0.4, -0.2) is 33.8 Å². The zero-order chi connectivity index (χ0) is 17.9. The highest BCUT2D eigenvalue weighted by Crippen LogP contribution is 2.14. The van der Waals surface area contributed by atoms with Gasteiger partial charge in [0, 0.05) is 18.0 Å². The predicted molar refractivity (Wildman–Crippen MR) is 89.8 cm³/mol. The molecule has 128 valence electrons. The molecule has 2 aromatic rings. The van der Waals surface area contributed by atoms with Crippen molar-refractivity contribution < 1.29 is 14.3 Å². The second-order valence-electron chi connectivity index (χ2n) is 6.18. The molecule has 1 aromatic heterocycles. The Kier molecular flexibility index (Phi) is 5.02. The van der Waals surface area contributed by atoms with Crippen molar-refractivity contribution in [2.24, 2.45) is 7.05 Å². The van der Waals surface area contributed by atoms with Crippen LogP contribution in [0.1, 0.15) is 37.7 Å². The van der Waals surface area contributed by atoms with Gasteiger partial charge in [-0.25, -0.2) is 9.48 Å². The molecule has 1 amide bonds. The normalized spacial score (nSPS) is 11.3. The van der Waals surface area contributed by atoms with Gasteiger partial charge < -0.3 is 10.1 Å². The van der Waals surface area contributed by atoms with Gasteiger partial charge in [0.25, 0.3) is 11.5 Å². The summed E-state index contributed by atoms with van der Waals surface area (Å²) < 4.78 is 6.14. The number of esters is 1. The number of carbonyl (C=O) groups is 2. The Balaban J connectivity index is 2.19. The largest absolute Gasteiger partial charge is 0.451 e. The third kappa shape index (κ3) is 3.79. The maximum atomic E-state index is 12.3. The Morgan fingerprint density at radius 3 is 2.50 bits per heavy atom. The maximum Gasteiger partial charge on any atom is 0.359 e. The summed E-state index contributed by atoms with van der Waals surface area (Å²) >= 11 is 0. The molecule has 0 aliphatic heterocycles. The summed E-state index contributed by atoms with van der Waals surface area (Å²) in [4.78, 5) is 36.2. The molecule has 0 bridgehead atoms. The van der Waals surface area contributed by atoms with Gasteiger partial charge in [-0.05, 0) is 26.3 Å². The van der Waals surface area contributed by atoms with E-state index in [4.69, 9.17) is 4.74 Å². The van der Waals surface area contributed by atoms with Gasteiger partial charge in [-0.2, -0.15) is 5.10 Å². The quantitative estimate of drug-likeness (QED) is 0.836. The molecule has 1 aromatic carbocycles. The maximum absolute atomic E-state index is 12.3. The number of amides is 1. The Labute approximate surface area is 139 Å². The van der Waals surface area contributed by atoms with Crippen molar-refractivity contribution in [3.05, 3.63) is 40.3 Å². The van der Waals surface area contributed by atoms with E-state index < -0.39 is 12.6 Å². The molecular weight excluding hydrogens is 310 g/mol. The van der Waals surface area contributed by atoms with E-state index in [0.717, 1.165) is 11.1 Å². The number of carbonyl (C=O) groups excluding carboxylic acids is 2. The summed E-state index contributed by atoms with van der Waals surface area (Å²) in [6.45, 7) is 5.32. The minimum Gasteiger partial charge on any atom is -0.451 e. The minimum absolute atomic E-state index is 0.00949. The molecule has 0 unspecified atom stereocenters. The molecule has 0 fully saturated rings. The first-order valence-electron chi connectivity index (χ1n) is 7.69. The van der Waals surface area contributed by atoms with Crippen molar-refractivity contribution in [3.8, 4) is 0 Å². The standard InChI is InChI=1S/C17H21N3O4/c1-5-17(2,3)18-13(21)10-24-16(23)14-11-8-6-7-9-12(11)15(22)20(4)19-14/h6-9H,5,10H2,1-4H3,(H,18,21). The van der Waals surface area contributed by atoms with E-state index in [1.54, 1.807) is 24.3 Å². The lowest BCUT2D eigenvalue weighted by molar-refractivity contribution is -0.125. The fourth-order valence-electron chi connectivity index (χ4n) is 2.15. The Bertz CT molecular complexity index is 839. The molecule has 0 aliphatic rings. The average molecular weight is 331 g/mol. The molecule has 1 heterocycles. The highest BCUT2D eigenvalue weighted by atomic mass is 16.5. The molecule has 2 rings (SSSR count). The summed E-state index contributed by atoms with van der Waals surface area (Å²) in [7, 11) is 1.46. The first kappa shape index (κ1) is 17.7. The summed E-state index contributed by atoms with van der Waals surface area (Å²) in [5, 5.41) is 7.52. The summed E-state index contributed by atoms with van der Waals surface area (Å²) in [5.74, 6) is -1.13. The average Bonchev–Trinajstić information content (AvgIpc) is 2.55. The van der Waals surface area contributed by atoms with E-state index in [1.165, 1.54) is 7.05 Å². The predicted octanol–water partition coefficient (Wildman–Crippen LogP) is 1.40. The Hall–Kier alpha value is -2.70. The lowest BCUT2D eigenvalue weighted by atomic mass is 10.0. The van der Waals surface area contributed by atoms with E-state index in [1.807, 2.05) is 20.8 Å². The van der Waals surface area contributed by atoms with Gasteiger partial charge in [-0.15, -0.1) is 0 Å². The molecular formula is C17H21N3O4. The molecule has 7 nitrogen and oxygen atoms in total. The SMILES string of the molecule is CCC(C)(C)NC(=O)COC(=O)c1nn(C)c(=O)c2ccccc12. The third-order valence-corrected chi connectivity index (χ3v) is 3.85. The summed E-state index contributed by atoms with van der Waals surface area (Å²) in [6.07, 6.45) is 0.750. The number of rotatable bonds is 5. The summed E-state index contributed by atoms with van der Waals surface area (Å²) in [5.41, 5.74) is -0.662. The Morgan fingerprint density at radius 2 is 1.88 bits per heavy atom. The number of aromatic nitrogens is 2. The second kappa shape index (κ2) is 6.82. The van der Waals surface area contributed by atoms with E-state index in [9.17, 15) is 14.4 Å². The van der Waals surface area contributed by atoms with E-state index in [2.05, 4.69) is 10.4 Å². The number of benzene rings is 1. The highest BCUT2D eigenvalue weighted by molar-refractivity contribution is 6.02. The molecule has 7 heteroatoms. The van der Waals surface area contributed by atoms with Gasteiger partial charge >= 0.3 is 5.97 Å². The zero-order valence-corrected chi connectivity index (χ0v) is 14.3. The van der Waals surface area contributed by atoms with Gasteiger partial charge in [0.2, 0.25) is 0 Å². The lowest BCUT2D eigenvalue weighted by Gasteiger charge is -2.24. The number of aryl methyl sites for hydroxylation is 1. The molecule has 0 aliphatic carbocycles. The highest BCUT2D eigenvalue weighted by Gasteiger charge is 2.21. The van der Waals surface area contributed by atoms with E-state index >= 15 is 0 Å². The van der Waals surface area contributed by atoms with Crippen LogP contribution >= 0.6 is 0 Å². The van der Waals surface area contributed by atoms with Crippen LogP contribution in [0, 0.1) is 0 Å². The van der Waals surface area contributed by atoms with Crippen LogP contribution in [-0.2, 0) is 16.6 Å². The first-order valence-corrected chi connectivity index (χ1v) is 7.69. The number of ether oxygens (including phenoxy) is 1.